The molecule has 0 saturated heterocycles. The molecule has 0 aromatic heterocycles. The zero-order valence-electron chi connectivity index (χ0n) is 8.45. The van der Waals surface area contributed by atoms with Crippen molar-refractivity contribution in [2.24, 2.45) is 16.6 Å². The largest absolute Gasteiger partial charge is 0.409 e. The van der Waals surface area contributed by atoms with Gasteiger partial charge in [-0.25, -0.2) is 0 Å². The topological polar surface area (TPSA) is 96.7 Å². The first-order valence-electron chi connectivity index (χ1n) is 5.19. The highest BCUT2D eigenvalue weighted by Crippen LogP contribution is 2.16. The first kappa shape index (κ1) is 11.3. The summed E-state index contributed by atoms with van der Waals surface area (Å²) in [5, 5.41) is 14.6. The minimum atomic E-state index is 0.260. The third-order valence-electron chi connectivity index (χ3n) is 2.74. The molecule has 1 saturated carbocycles. The number of rotatable bonds is 4. The summed E-state index contributed by atoms with van der Waals surface area (Å²) in [6.45, 7) is 0.730. The minimum absolute atomic E-state index is 0.260. The smallest absolute Gasteiger partial charge is 0.140 e. The van der Waals surface area contributed by atoms with E-state index in [1.807, 2.05) is 0 Å². The number of nitrogens with two attached hydrogens (primary N) is 2. The lowest BCUT2D eigenvalue weighted by Crippen LogP contribution is -2.47. The van der Waals surface area contributed by atoms with Crippen molar-refractivity contribution in [3.05, 3.63) is 0 Å². The van der Waals surface area contributed by atoms with Crippen molar-refractivity contribution in [2.45, 2.75) is 44.2 Å². The van der Waals surface area contributed by atoms with E-state index in [-0.39, 0.29) is 11.9 Å². The normalized spacial score (nSPS) is 29.1. The molecule has 0 aromatic rings. The zero-order valence-corrected chi connectivity index (χ0v) is 8.45. The Balaban J connectivity index is 2.16. The predicted octanol–water partition coefficient (Wildman–Crippen LogP) is -0.0176. The summed E-state index contributed by atoms with van der Waals surface area (Å²) < 4.78 is 0. The van der Waals surface area contributed by atoms with Gasteiger partial charge in [-0.3, -0.25) is 0 Å². The summed E-state index contributed by atoms with van der Waals surface area (Å²) in [5.41, 5.74) is 11.3. The van der Waals surface area contributed by atoms with Crippen molar-refractivity contribution in [1.82, 2.24) is 5.32 Å². The Morgan fingerprint density at radius 1 is 1.43 bits per heavy atom. The molecular formula is C9H20N4O. The van der Waals surface area contributed by atoms with Gasteiger partial charge in [0.2, 0.25) is 0 Å². The van der Waals surface area contributed by atoms with Crippen LogP contribution in [0.25, 0.3) is 0 Å². The lowest BCUT2D eigenvalue weighted by atomic mass is 9.91. The van der Waals surface area contributed by atoms with E-state index in [2.05, 4.69) is 10.5 Å². The first-order valence-corrected chi connectivity index (χ1v) is 5.19. The van der Waals surface area contributed by atoms with Crippen LogP contribution in [0.2, 0.25) is 0 Å². The molecule has 0 aliphatic heterocycles. The van der Waals surface area contributed by atoms with Gasteiger partial charge < -0.3 is 22.0 Å². The molecule has 0 heterocycles. The molecule has 82 valence electrons. The fourth-order valence-electron chi connectivity index (χ4n) is 1.85. The van der Waals surface area contributed by atoms with Gasteiger partial charge in [0.05, 0.1) is 0 Å². The molecule has 0 radical (unpaired) electrons. The van der Waals surface area contributed by atoms with Crippen LogP contribution in [0.1, 0.15) is 32.1 Å². The van der Waals surface area contributed by atoms with Crippen molar-refractivity contribution in [3.8, 4) is 0 Å². The van der Waals surface area contributed by atoms with Crippen molar-refractivity contribution < 1.29 is 5.21 Å². The third kappa shape index (κ3) is 3.51. The summed E-state index contributed by atoms with van der Waals surface area (Å²) >= 11 is 0. The third-order valence-corrected chi connectivity index (χ3v) is 2.74. The molecule has 1 aliphatic carbocycles. The molecule has 1 fully saturated rings. The number of nitrogens with zero attached hydrogens (tertiary/aromatic N) is 1. The Kier molecular flexibility index (Phi) is 4.69. The van der Waals surface area contributed by atoms with Crippen LogP contribution in [-0.2, 0) is 0 Å². The van der Waals surface area contributed by atoms with Crippen LogP contribution >= 0.6 is 0 Å². The highest BCUT2D eigenvalue weighted by Gasteiger charge is 2.20. The van der Waals surface area contributed by atoms with Crippen molar-refractivity contribution in [1.29, 1.82) is 0 Å². The highest BCUT2D eigenvalue weighted by atomic mass is 16.4. The molecule has 0 aromatic carbocycles. The minimum Gasteiger partial charge on any atom is -0.409 e. The lowest BCUT2D eigenvalue weighted by Gasteiger charge is -2.29. The molecule has 0 spiro atoms. The van der Waals surface area contributed by atoms with E-state index < -0.39 is 0 Å². The van der Waals surface area contributed by atoms with Crippen LogP contribution in [-0.4, -0.2) is 29.7 Å². The van der Waals surface area contributed by atoms with Gasteiger partial charge in [-0.15, -0.1) is 0 Å². The molecule has 6 N–H and O–H groups in total. The van der Waals surface area contributed by atoms with E-state index in [1.165, 1.54) is 12.8 Å². The van der Waals surface area contributed by atoms with Gasteiger partial charge in [0, 0.05) is 25.0 Å². The maximum Gasteiger partial charge on any atom is 0.140 e. The molecular weight excluding hydrogens is 180 g/mol. The summed E-state index contributed by atoms with van der Waals surface area (Å²) in [5.74, 6) is 0.266. The highest BCUT2D eigenvalue weighted by molar-refractivity contribution is 5.79. The Morgan fingerprint density at radius 3 is 2.79 bits per heavy atom. The summed E-state index contributed by atoms with van der Waals surface area (Å²) in [6, 6.07) is 0.659. The van der Waals surface area contributed by atoms with Crippen molar-refractivity contribution >= 4 is 5.84 Å². The molecule has 5 nitrogen and oxygen atoms in total. The standard InChI is InChI=1S/C9H20N4O/c10-7-3-1-2-4-8(7)12-6-5-9(11)13-14/h7-8,12,14H,1-6,10H2,(H2,11,13). The van der Waals surface area contributed by atoms with Gasteiger partial charge in [0.15, 0.2) is 0 Å². The first-order chi connectivity index (χ1) is 6.74. The predicted molar refractivity (Wildman–Crippen MR) is 56.3 cm³/mol. The van der Waals surface area contributed by atoms with Gasteiger partial charge in [0.25, 0.3) is 0 Å². The number of oxime groups is 1. The van der Waals surface area contributed by atoms with Gasteiger partial charge in [-0.05, 0) is 12.8 Å². The van der Waals surface area contributed by atoms with Gasteiger partial charge in [-0.1, -0.05) is 18.0 Å². The Morgan fingerprint density at radius 2 is 2.14 bits per heavy atom. The van der Waals surface area contributed by atoms with E-state index in [9.17, 15) is 0 Å². The zero-order chi connectivity index (χ0) is 10.4. The maximum atomic E-state index is 8.33. The van der Waals surface area contributed by atoms with E-state index in [0.717, 1.165) is 19.4 Å². The number of amidine groups is 1. The quantitative estimate of drug-likeness (QED) is 0.222. The van der Waals surface area contributed by atoms with E-state index in [4.69, 9.17) is 16.7 Å². The molecule has 2 atom stereocenters. The van der Waals surface area contributed by atoms with Gasteiger partial charge in [-0.2, -0.15) is 0 Å². The molecule has 1 aliphatic rings. The SMILES string of the molecule is N/C(CCNC1CCCCC1N)=N\O. The maximum absolute atomic E-state index is 8.33. The van der Waals surface area contributed by atoms with Crippen LogP contribution in [0.5, 0.6) is 0 Å². The second-order valence-corrected chi connectivity index (χ2v) is 3.85. The molecule has 5 heteroatoms. The summed E-state index contributed by atoms with van der Waals surface area (Å²) in [7, 11) is 0. The molecule has 2 unspecified atom stereocenters. The molecule has 0 amide bonds. The molecule has 0 bridgehead atoms. The van der Waals surface area contributed by atoms with Crippen molar-refractivity contribution in [3.63, 3.8) is 0 Å². The summed E-state index contributed by atoms with van der Waals surface area (Å²) in [4.78, 5) is 0. The molecule has 1 rings (SSSR count). The van der Waals surface area contributed by atoms with E-state index in [0.29, 0.717) is 12.5 Å². The van der Waals surface area contributed by atoms with E-state index >= 15 is 0 Å². The number of hydrogen-bond acceptors (Lipinski definition) is 4. The van der Waals surface area contributed by atoms with Crippen LogP contribution in [0.4, 0.5) is 0 Å². The van der Waals surface area contributed by atoms with Crippen LogP contribution < -0.4 is 16.8 Å². The Bertz CT molecular complexity index is 195. The fraction of sp³-hybridized carbons (Fsp3) is 0.889. The average molecular weight is 200 g/mol. The Hall–Kier alpha value is -0.810. The van der Waals surface area contributed by atoms with Crippen LogP contribution in [0, 0.1) is 0 Å². The van der Waals surface area contributed by atoms with Gasteiger partial charge >= 0.3 is 0 Å². The second-order valence-electron chi connectivity index (χ2n) is 3.85. The second kappa shape index (κ2) is 5.82. The van der Waals surface area contributed by atoms with Crippen LogP contribution in [0.15, 0.2) is 5.16 Å². The van der Waals surface area contributed by atoms with E-state index in [1.54, 1.807) is 0 Å². The monoisotopic (exact) mass is 200 g/mol. The fourth-order valence-corrected chi connectivity index (χ4v) is 1.85. The average Bonchev–Trinajstić information content (AvgIpc) is 2.20. The Labute approximate surface area is 84.5 Å². The van der Waals surface area contributed by atoms with Crippen molar-refractivity contribution in [2.75, 3.05) is 6.54 Å². The van der Waals surface area contributed by atoms with Gasteiger partial charge in [0.1, 0.15) is 5.84 Å². The molecule has 14 heavy (non-hydrogen) atoms. The number of hydrogen-bond donors (Lipinski definition) is 4. The van der Waals surface area contributed by atoms with Crippen LogP contribution in [0.3, 0.4) is 0 Å². The lowest BCUT2D eigenvalue weighted by molar-refractivity contribution is 0.314. The summed E-state index contributed by atoms with van der Waals surface area (Å²) in [6.07, 6.45) is 5.28. The number of nitrogens with one attached hydrogen (secondary N) is 1.